The molecule has 30 nitrogen and oxygen atoms in total. The summed E-state index contributed by atoms with van der Waals surface area (Å²) in [5, 5.41) is 7.76. The first kappa shape index (κ1) is 40.7. The first-order chi connectivity index (χ1) is 85.9. The number of ether oxygens (including phenoxy) is 6. The van der Waals surface area contributed by atoms with E-state index in [-0.39, 0.29) is 203 Å². The van der Waals surface area contributed by atoms with E-state index in [4.69, 9.17) is 110 Å². The number of cyclic esters (lactones) is 6. The largest absolute Gasteiger partial charge is 0.447 e. The number of aromatic amines is 6. The molecule has 6 atom stereocenters. The van der Waals surface area contributed by atoms with Gasteiger partial charge >= 0.3 is 36.6 Å². The van der Waals surface area contributed by atoms with Crippen molar-refractivity contribution in [3.05, 3.63) is 213 Å². The Kier molecular flexibility index (Phi) is 14.1. The van der Waals surface area contributed by atoms with E-state index in [0.717, 1.165) is 35.0 Å². The smallest absolute Gasteiger partial charge is 0.407 e. The molecule has 6 fully saturated rings. The van der Waals surface area contributed by atoms with Crippen molar-refractivity contribution in [2.45, 2.75) is 113 Å². The molecule has 126 heavy (non-hydrogen) atoms. The Hall–Kier alpha value is -12.1. The van der Waals surface area contributed by atoms with E-state index in [9.17, 15) is 28.8 Å². The van der Waals surface area contributed by atoms with Crippen LogP contribution in [-0.4, -0.2) is 295 Å². The number of hydrogen-bond acceptors (Lipinski definition) is 18. The summed E-state index contributed by atoms with van der Waals surface area (Å²) < 4.78 is 536. The molecular formula is C96H126N18O12. The second kappa shape index (κ2) is 43.7. The first-order valence-corrected chi connectivity index (χ1v) is 38.2. The third-order valence-electron chi connectivity index (χ3n) is 18.0. The summed E-state index contributed by atoms with van der Waals surface area (Å²) in [5.74, 6) is 0. The monoisotopic (exact) mass is 1790 g/mol. The zero-order valence-electron chi connectivity index (χ0n) is 131. The molecule has 30 heteroatoms. The number of H-pyrrole nitrogens is 6. The van der Waals surface area contributed by atoms with Gasteiger partial charge in [0.2, 0.25) is 0 Å². The molecule has 6 aromatic heterocycles. The molecule has 12 heterocycles. The van der Waals surface area contributed by atoms with E-state index in [1.165, 1.54) is 57.5 Å². The van der Waals surface area contributed by atoms with E-state index in [0.29, 0.717) is 54.3 Å². The SMILES string of the molecule is [2H]c1[nH]c2c([2H])c([2H])c(C([2H])([2H])[C@H]3COC(=O)N3)c([2H])c2c1CCN(C([2H])([2H])[2H])C([2H])([2H])[2H].[2H]c1[nH]c2c([2H])c([2H])c(C([2H])([2H])[C@H]3COC(=O)N3)c([2H])c2c1CCN(C)C.[2H]c1[nH]c2c([2H])c([2H])c(C([2H])([2H])[C@H]3COC(=O)N3)c([2H])c2c1CCN(C)C([2H])([2H])[2H].[2H]c1c(C([2H])([2H])C([2H])([2H])N(C([2H])([2H])[2H])C([2H])([2H])[2H])c2cc(C([2H])([2H])[C@H]3COC(=O)N3[2H])ccc2n1[2H].[2H]c1c(C([2H])([2H])C([2H])([2H])N(C)C([2H])([2H])[2H])c2cc(C([2H])([2H])[C@H]3COC(=O)N3[2H])ccc2n1[2H].[2H]c1c(C([2H])([2H])C([2H])([2H])N(C)C)c2cc(C([2H])([2H])[C@H]3COC(=O)N3[2H])ccc2n1[2H]. The van der Waals surface area contributed by atoms with Gasteiger partial charge in [-0.05, 0) is 300 Å². The lowest BCUT2D eigenvalue weighted by Gasteiger charge is -2.09. The van der Waals surface area contributed by atoms with Gasteiger partial charge in [0.05, 0.1) is 56.8 Å². The van der Waals surface area contributed by atoms with Gasteiger partial charge in [-0.1, -0.05) is 36.3 Å². The van der Waals surface area contributed by atoms with Crippen LogP contribution in [0.3, 0.4) is 0 Å². The molecule has 6 aliphatic heterocycles. The molecule has 0 radical (unpaired) electrons. The number of likely N-dealkylation sites (N-methyl/N-ethyl adjacent to an activating group) is 6. The molecule has 6 saturated heterocycles. The molecule has 672 valence electrons. The minimum absolute atomic E-state index is 0.00822. The summed E-state index contributed by atoms with van der Waals surface area (Å²) in [5.41, 5.74) is -2.59. The van der Waals surface area contributed by atoms with Gasteiger partial charge in [0.1, 0.15) is 39.6 Å². The maximum atomic E-state index is 11.6. The number of nitrogens with one attached hydrogen (secondary N) is 12. The number of alkyl carbamates (subject to hydrolysis) is 6. The summed E-state index contributed by atoms with van der Waals surface area (Å²) in [7, 11) is 8.74. The number of carbonyl (C=O) groups is 6. The van der Waals surface area contributed by atoms with E-state index in [1.54, 1.807) is 0 Å². The lowest BCUT2D eigenvalue weighted by Crippen LogP contribution is -2.28. The van der Waals surface area contributed by atoms with Crippen LogP contribution < -0.4 is 31.9 Å². The Balaban J connectivity index is 0.000000184. The van der Waals surface area contributed by atoms with Crippen LogP contribution in [0.5, 0.6) is 0 Å². The Labute approximate surface area is 825 Å². The lowest BCUT2D eigenvalue weighted by atomic mass is 10.0. The molecular weight excluding hydrogens is 1600 g/mol. The lowest BCUT2D eigenvalue weighted by molar-refractivity contribution is 0.176. The zero-order valence-corrected chi connectivity index (χ0v) is 67.9. The van der Waals surface area contributed by atoms with Gasteiger partial charge in [-0.3, -0.25) is 0 Å². The quantitative estimate of drug-likeness (QED) is 0.0186. The number of hydrogen-bond donors (Lipinski definition) is 12. The highest BCUT2D eigenvalue weighted by atomic mass is 16.6. The number of aryl methyl sites for hydroxylation is 3. The molecule has 6 amide bonds. The third kappa shape index (κ3) is 26.5. The van der Waals surface area contributed by atoms with E-state index >= 15 is 0 Å². The van der Waals surface area contributed by atoms with Gasteiger partial charge in [-0.15, -0.1) is 0 Å². The number of amides is 6. The molecule has 12 N–H and O–H groups in total. The Morgan fingerprint density at radius 2 is 0.627 bits per heavy atom. The van der Waals surface area contributed by atoms with Crippen molar-refractivity contribution >= 4 is 102 Å². The van der Waals surface area contributed by atoms with Gasteiger partial charge in [-0.25, -0.2) is 28.8 Å². The fourth-order valence-corrected chi connectivity index (χ4v) is 12.2. The van der Waals surface area contributed by atoms with Crippen molar-refractivity contribution in [2.24, 2.45) is 0 Å². The number of carbonyl (C=O) groups excluding carboxylic acids is 6. The highest BCUT2D eigenvalue weighted by Crippen LogP contribution is 2.29. The summed E-state index contributed by atoms with van der Waals surface area (Å²) in [6, 6.07) is -0.419. The number of benzene rings is 6. The van der Waals surface area contributed by atoms with Gasteiger partial charge in [0, 0.05) is 199 Å². The van der Waals surface area contributed by atoms with Crippen LogP contribution in [0.1, 0.15) is 145 Å². The molecule has 6 aliphatic rings. The number of fused-ring (bicyclic) bond motifs is 6. The Morgan fingerprint density at radius 3 is 0.929 bits per heavy atom. The van der Waals surface area contributed by atoms with Crippen LogP contribution >= 0.6 is 0 Å². The molecule has 18 rings (SSSR count). The highest BCUT2D eigenvalue weighted by Gasteiger charge is 2.29. The zero-order chi connectivity index (χ0) is 144. The fraction of sp³-hybridized carbons (Fsp3) is 0.438. The Morgan fingerprint density at radius 1 is 0.325 bits per heavy atom. The van der Waals surface area contributed by atoms with Crippen LogP contribution in [0.15, 0.2) is 146 Å². The average molecular weight is 1790 g/mol. The molecule has 0 unspecified atom stereocenters. The summed E-state index contributed by atoms with van der Waals surface area (Å²) in [6.07, 6.45) is -31.4. The van der Waals surface area contributed by atoms with Gasteiger partial charge in [0.15, 0.2) is 8.47 Å². The van der Waals surface area contributed by atoms with Crippen molar-refractivity contribution in [1.29, 1.82) is 0 Å². The van der Waals surface area contributed by atoms with E-state index in [2.05, 4.69) is 35.6 Å². The first-order valence-electron chi connectivity index (χ1n) is 69.4. The van der Waals surface area contributed by atoms with Crippen molar-refractivity contribution in [3.8, 4) is 0 Å². The van der Waals surface area contributed by atoms with E-state index < -0.39 is 282 Å². The van der Waals surface area contributed by atoms with Crippen LogP contribution in [0.4, 0.5) is 28.8 Å². The normalized spacial score (nSPS) is 27.7. The van der Waals surface area contributed by atoms with Crippen LogP contribution in [-0.2, 0) is 105 Å². The molecule has 6 aromatic carbocycles. The minimum Gasteiger partial charge on any atom is -0.447 e. The predicted octanol–water partition coefficient (Wildman–Crippen LogP) is 11.5. The maximum absolute atomic E-state index is 11.6. The summed E-state index contributed by atoms with van der Waals surface area (Å²) in [4.78, 5) is 82.2. The van der Waals surface area contributed by atoms with E-state index in [1.807, 2.05) is 19.0 Å². The van der Waals surface area contributed by atoms with Crippen molar-refractivity contribution in [3.63, 3.8) is 0 Å². The average Bonchev–Trinajstić information content (AvgIpc) is 1.58. The predicted molar refractivity (Wildman–Crippen MR) is 495 cm³/mol. The van der Waals surface area contributed by atoms with Crippen molar-refractivity contribution in [2.75, 3.05) is 163 Å². The number of aromatic nitrogens is 6. The number of rotatable bonds is 30. The molecule has 0 bridgehead atoms. The van der Waals surface area contributed by atoms with Gasteiger partial charge in [-0.2, -0.15) is 0 Å². The molecule has 12 aromatic rings. The van der Waals surface area contributed by atoms with Crippen LogP contribution in [0.2, 0.25) is 8.47 Å². The second-order valence-corrected chi connectivity index (χ2v) is 28.2. The summed E-state index contributed by atoms with van der Waals surface area (Å²) in [6.45, 7) is -29.9. The van der Waals surface area contributed by atoms with Crippen molar-refractivity contribution < 1.29 is 144 Å². The second-order valence-electron chi connectivity index (χ2n) is 28.2. The number of nitrogens with zero attached hydrogens (tertiary/aromatic N) is 6. The molecule has 0 spiro atoms. The standard InChI is InChI=1S/6C16H21N3O2/c6*1-19(2)6-5-12-9-17-15-4-3-11(8-14(12)15)7-13-10-21-16(20)18-13/h6*3-4,8-9,13,17H,5-7,10H2,1-2H3,(H,18,20)/t6*13-/m000000/s1/i1D3,2D3,3D,4D,7D2,8D,9D;1D3,3D,4D,7D2,8D,9D;1D3,2D3,5D2,6D2,7D2,9D;3D,4D,7D2,8D,9D;1D3,5D2,6D2,7D2,9D;5D2,6D2,7D2,9D/hD6. The van der Waals surface area contributed by atoms with Crippen molar-refractivity contribution in [1.82, 2.24) is 91.2 Å². The summed E-state index contributed by atoms with van der Waals surface area (Å²) >= 11 is 0. The third-order valence-corrected chi connectivity index (χ3v) is 18.0. The minimum atomic E-state index is -3.77. The van der Waals surface area contributed by atoms with Crippen LogP contribution in [0, 0.1) is 0 Å². The van der Waals surface area contributed by atoms with Crippen LogP contribution in [0.25, 0.3) is 65.4 Å². The maximum Gasteiger partial charge on any atom is 0.407 e. The molecule has 0 saturated carbocycles. The Bertz CT molecular complexity index is 8840. The fourth-order valence-electron chi connectivity index (χ4n) is 12.2. The van der Waals surface area contributed by atoms with Gasteiger partial charge < -0.3 is 120 Å². The highest BCUT2D eigenvalue weighted by molar-refractivity contribution is 5.88. The topological polar surface area (TPSA) is 344 Å². The molecule has 0 aliphatic carbocycles. The van der Waals surface area contributed by atoms with Gasteiger partial charge in [0.25, 0.3) is 0 Å².